The Labute approximate surface area is 76.2 Å². The van der Waals surface area contributed by atoms with Gasteiger partial charge in [-0.05, 0) is 0 Å². The van der Waals surface area contributed by atoms with E-state index in [1.165, 1.54) is 0 Å². The summed E-state index contributed by atoms with van der Waals surface area (Å²) in [5.41, 5.74) is 0. The van der Waals surface area contributed by atoms with Crippen molar-refractivity contribution in [1.82, 2.24) is 14.7 Å². The molecule has 0 atom stereocenters. The fourth-order valence-corrected chi connectivity index (χ4v) is 1.29. The molecule has 0 saturated heterocycles. The van der Waals surface area contributed by atoms with E-state index < -0.39 is 0 Å². The van der Waals surface area contributed by atoms with Crippen molar-refractivity contribution in [3.05, 3.63) is 36.2 Å². The molecule has 2 aromatic heterocycles. The van der Waals surface area contributed by atoms with Crippen LogP contribution in [0.4, 0.5) is 0 Å². The van der Waals surface area contributed by atoms with Gasteiger partial charge < -0.3 is 9.09 Å². The van der Waals surface area contributed by atoms with Gasteiger partial charge >= 0.3 is 0 Å². The van der Waals surface area contributed by atoms with Crippen molar-refractivity contribution < 1.29 is 4.52 Å². The van der Waals surface area contributed by atoms with Crippen LogP contribution in [-0.4, -0.2) is 14.7 Å². The SMILES string of the molecule is CCc1nccn1Cc1ccno1. The zero-order valence-corrected chi connectivity index (χ0v) is 7.47. The van der Waals surface area contributed by atoms with Crippen molar-refractivity contribution in [2.24, 2.45) is 0 Å². The van der Waals surface area contributed by atoms with Gasteiger partial charge in [-0.1, -0.05) is 12.1 Å². The quantitative estimate of drug-likeness (QED) is 0.713. The predicted molar refractivity (Wildman–Crippen MR) is 47.2 cm³/mol. The highest BCUT2D eigenvalue weighted by Crippen LogP contribution is 2.04. The first-order valence-corrected chi connectivity index (χ1v) is 4.29. The number of rotatable bonds is 3. The number of hydrogen-bond acceptors (Lipinski definition) is 3. The first-order chi connectivity index (χ1) is 6.40. The zero-order chi connectivity index (χ0) is 9.10. The minimum absolute atomic E-state index is 0.711. The molecule has 0 bridgehead atoms. The lowest BCUT2D eigenvalue weighted by Gasteiger charge is -2.01. The Morgan fingerprint density at radius 3 is 3.08 bits per heavy atom. The van der Waals surface area contributed by atoms with Gasteiger partial charge in [0.1, 0.15) is 5.82 Å². The van der Waals surface area contributed by atoms with Gasteiger partial charge in [-0.15, -0.1) is 0 Å². The highest BCUT2D eigenvalue weighted by molar-refractivity contribution is 4.99. The molecule has 0 radical (unpaired) electrons. The third-order valence-electron chi connectivity index (χ3n) is 1.94. The summed E-state index contributed by atoms with van der Waals surface area (Å²) in [7, 11) is 0. The molecule has 0 N–H and O–H groups in total. The molecule has 2 aromatic rings. The fourth-order valence-electron chi connectivity index (χ4n) is 1.29. The van der Waals surface area contributed by atoms with Crippen molar-refractivity contribution in [3.63, 3.8) is 0 Å². The topological polar surface area (TPSA) is 43.9 Å². The van der Waals surface area contributed by atoms with Crippen molar-refractivity contribution in [1.29, 1.82) is 0 Å². The summed E-state index contributed by atoms with van der Waals surface area (Å²) in [5.74, 6) is 1.92. The second kappa shape index (κ2) is 3.43. The van der Waals surface area contributed by atoms with E-state index >= 15 is 0 Å². The van der Waals surface area contributed by atoms with Crippen LogP contribution in [0.25, 0.3) is 0 Å². The average molecular weight is 177 g/mol. The average Bonchev–Trinajstić information content (AvgIpc) is 2.76. The zero-order valence-electron chi connectivity index (χ0n) is 7.47. The number of hydrogen-bond donors (Lipinski definition) is 0. The van der Waals surface area contributed by atoms with E-state index in [0.717, 1.165) is 18.0 Å². The lowest BCUT2D eigenvalue weighted by atomic mass is 10.4. The molecule has 0 fully saturated rings. The van der Waals surface area contributed by atoms with E-state index in [1.807, 2.05) is 12.3 Å². The van der Waals surface area contributed by atoms with Gasteiger partial charge in [0.25, 0.3) is 0 Å². The molecule has 0 aliphatic rings. The largest absolute Gasteiger partial charge is 0.359 e. The van der Waals surface area contributed by atoms with E-state index in [9.17, 15) is 0 Å². The smallest absolute Gasteiger partial charge is 0.156 e. The van der Waals surface area contributed by atoms with Crippen LogP contribution in [0, 0.1) is 0 Å². The van der Waals surface area contributed by atoms with Crippen molar-refractivity contribution in [3.8, 4) is 0 Å². The Morgan fingerprint density at radius 2 is 2.38 bits per heavy atom. The maximum Gasteiger partial charge on any atom is 0.156 e. The molecular weight excluding hydrogens is 166 g/mol. The first kappa shape index (κ1) is 8.04. The fraction of sp³-hybridized carbons (Fsp3) is 0.333. The normalized spacial score (nSPS) is 10.5. The molecule has 0 saturated carbocycles. The summed E-state index contributed by atoms with van der Waals surface area (Å²) < 4.78 is 7.06. The summed E-state index contributed by atoms with van der Waals surface area (Å²) in [6.45, 7) is 2.79. The van der Waals surface area contributed by atoms with Gasteiger partial charge in [0.05, 0.1) is 12.7 Å². The molecular formula is C9H11N3O. The molecule has 13 heavy (non-hydrogen) atoms. The van der Waals surface area contributed by atoms with Crippen molar-refractivity contribution in [2.75, 3.05) is 0 Å². The molecule has 2 heterocycles. The highest BCUT2D eigenvalue weighted by atomic mass is 16.5. The highest BCUT2D eigenvalue weighted by Gasteiger charge is 2.02. The molecule has 0 amide bonds. The Balaban J connectivity index is 2.18. The van der Waals surface area contributed by atoms with Gasteiger partial charge in [0, 0.05) is 24.9 Å². The lowest BCUT2D eigenvalue weighted by Crippen LogP contribution is -2.02. The minimum atomic E-state index is 0.711. The monoisotopic (exact) mass is 177 g/mol. The molecule has 0 aliphatic carbocycles. The molecule has 4 heteroatoms. The van der Waals surface area contributed by atoms with Crippen LogP contribution < -0.4 is 0 Å². The minimum Gasteiger partial charge on any atom is -0.359 e. The Bertz CT molecular complexity index is 364. The molecule has 4 nitrogen and oxygen atoms in total. The van der Waals surface area contributed by atoms with Gasteiger partial charge in [-0.2, -0.15) is 0 Å². The Kier molecular flexibility index (Phi) is 2.12. The van der Waals surface area contributed by atoms with Gasteiger partial charge in [0.15, 0.2) is 5.76 Å². The summed E-state index contributed by atoms with van der Waals surface area (Å²) in [4.78, 5) is 4.22. The summed E-state index contributed by atoms with van der Waals surface area (Å²) in [6, 6.07) is 1.86. The van der Waals surface area contributed by atoms with Gasteiger partial charge in [0.2, 0.25) is 0 Å². The number of imidazole rings is 1. The third kappa shape index (κ3) is 1.61. The molecule has 68 valence electrons. The number of aryl methyl sites for hydroxylation is 1. The third-order valence-corrected chi connectivity index (χ3v) is 1.94. The van der Waals surface area contributed by atoms with Crippen LogP contribution in [-0.2, 0) is 13.0 Å². The van der Waals surface area contributed by atoms with Crippen LogP contribution >= 0.6 is 0 Å². The Morgan fingerprint density at radius 1 is 1.46 bits per heavy atom. The van der Waals surface area contributed by atoms with Gasteiger partial charge in [-0.3, -0.25) is 0 Å². The Hall–Kier alpha value is -1.58. The van der Waals surface area contributed by atoms with E-state index in [0.29, 0.717) is 6.54 Å². The van der Waals surface area contributed by atoms with Crippen LogP contribution in [0.3, 0.4) is 0 Å². The maximum absolute atomic E-state index is 5.01. The predicted octanol–water partition coefficient (Wildman–Crippen LogP) is 1.48. The molecule has 2 rings (SSSR count). The number of aromatic nitrogens is 3. The van der Waals surface area contributed by atoms with Crippen LogP contribution in [0.5, 0.6) is 0 Å². The molecule has 0 aliphatic heterocycles. The lowest BCUT2D eigenvalue weighted by molar-refractivity contribution is 0.375. The van der Waals surface area contributed by atoms with E-state index in [-0.39, 0.29) is 0 Å². The van der Waals surface area contributed by atoms with Crippen LogP contribution in [0.15, 0.2) is 29.2 Å². The first-order valence-electron chi connectivity index (χ1n) is 4.29. The molecule has 0 spiro atoms. The van der Waals surface area contributed by atoms with Crippen LogP contribution in [0.2, 0.25) is 0 Å². The number of nitrogens with zero attached hydrogens (tertiary/aromatic N) is 3. The summed E-state index contributed by atoms with van der Waals surface area (Å²) >= 11 is 0. The van der Waals surface area contributed by atoms with E-state index in [1.54, 1.807) is 12.4 Å². The molecule has 0 aromatic carbocycles. The second-order valence-electron chi connectivity index (χ2n) is 2.80. The standard InChI is InChI=1S/C9H11N3O/c1-2-9-10-5-6-12(9)7-8-3-4-11-13-8/h3-6H,2,7H2,1H3. The summed E-state index contributed by atoms with van der Waals surface area (Å²) in [6.07, 6.45) is 6.33. The van der Waals surface area contributed by atoms with Gasteiger partial charge in [-0.25, -0.2) is 4.98 Å². The second-order valence-corrected chi connectivity index (χ2v) is 2.80. The maximum atomic E-state index is 5.01. The van der Waals surface area contributed by atoms with Crippen molar-refractivity contribution in [2.45, 2.75) is 19.9 Å². The van der Waals surface area contributed by atoms with Crippen LogP contribution in [0.1, 0.15) is 18.5 Å². The van der Waals surface area contributed by atoms with E-state index in [4.69, 9.17) is 4.52 Å². The van der Waals surface area contributed by atoms with Crippen molar-refractivity contribution >= 4 is 0 Å². The summed E-state index contributed by atoms with van der Waals surface area (Å²) in [5, 5.41) is 3.65. The molecule has 0 unspecified atom stereocenters. The van der Waals surface area contributed by atoms with E-state index in [2.05, 4.69) is 21.6 Å².